The van der Waals surface area contributed by atoms with Gasteiger partial charge in [-0.05, 0) is 17.2 Å². The van der Waals surface area contributed by atoms with Crippen LogP contribution in [0, 0.1) is 0 Å². The fourth-order valence-electron chi connectivity index (χ4n) is 1.96. The molecule has 7 nitrogen and oxygen atoms in total. The molecule has 0 aliphatic rings. The number of aromatic amines is 1. The van der Waals surface area contributed by atoms with Crippen molar-refractivity contribution in [2.45, 2.75) is 0 Å². The Morgan fingerprint density at radius 1 is 1.00 bits per heavy atom. The fourth-order valence-corrected chi connectivity index (χ4v) is 1.96. The van der Waals surface area contributed by atoms with E-state index in [1.807, 2.05) is 48.5 Å². The molecular formula is C17H15N3O4. The van der Waals surface area contributed by atoms with Crippen LogP contribution in [0.1, 0.15) is 10.4 Å². The third kappa shape index (κ3) is 4.70. The zero-order valence-corrected chi connectivity index (χ0v) is 12.5. The number of rotatable bonds is 3. The van der Waals surface area contributed by atoms with Crippen LogP contribution in [0.25, 0.3) is 11.1 Å². The molecule has 1 heterocycles. The Balaban J connectivity index is 0.000000198. The van der Waals surface area contributed by atoms with E-state index in [0.29, 0.717) is 5.56 Å². The van der Waals surface area contributed by atoms with E-state index in [-0.39, 0.29) is 5.88 Å². The molecule has 0 fully saturated rings. The number of benzene rings is 2. The molecule has 1 amide bonds. The van der Waals surface area contributed by atoms with Crippen LogP contribution in [0.2, 0.25) is 0 Å². The largest absolute Gasteiger partial charge is 0.512 e. The van der Waals surface area contributed by atoms with Gasteiger partial charge in [-0.25, -0.2) is 9.89 Å². The molecule has 1 aromatic heterocycles. The second-order valence-electron chi connectivity index (χ2n) is 4.56. The van der Waals surface area contributed by atoms with E-state index in [2.05, 4.69) is 14.9 Å². The van der Waals surface area contributed by atoms with E-state index in [9.17, 15) is 9.59 Å². The molecule has 24 heavy (non-hydrogen) atoms. The molecule has 0 aliphatic heterocycles. The molecule has 3 aromatic rings. The van der Waals surface area contributed by atoms with Gasteiger partial charge < -0.3 is 15.6 Å². The third-order valence-electron chi connectivity index (χ3n) is 2.95. The van der Waals surface area contributed by atoms with E-state index >= 15 is 0 Å². The number of primary amides is 1. The molecule has 122 valence electrons. The van der Waals surface area contributed by atoms with Crippen LogP contribution < -0.4 is 10.5 Å². The Morgan fingerprint density at radius 2 is 1.67 bits per heavy atom. The lowest BCUT2D eigenvalue weighted by molar-refractivity contribution is 0.100. The molecule has 2 aromatic carbocycles. The first-order valence-electron chi connectivity index (χ1n) is 6.92. The standard InChI is InChI=1S/C13H11NO.C4H4N2O3/c14-13(15)12-9-5-4-8-11(12)10-6-2-1-3-7-10;7-4(8)9-3-1-2-5-6-3/h1-9H,(H2,14,15);1-2H,(H,5,6)(H,7,8). The summed E-state index contributed by atoms with van der Waals surface area (Å²) in [5.74, 6) is -0.267. The van der Waals surface area contributed by atoms with Gasteiger partial charge in [0, 0.05) is 11.6 Å². The number of ether oxygens (including phenoxy) is 1. The van der Waals surface area contributed by atoms with Crippen molar-refractivity contribution in [3.8, 4) is 17.0 Å². The van der Waals surface area contributed by atoms with Gasteiger partial charge in [0.15, 0.2) is 0 Å². The van der Waals surface area contributed by atoms with Gasteiger partial charge in [0.1, 0.15) is 0 Å². The summed E-state index contributed by atoms with van der Waals surface area (Å²) in [6.45, 7) is 0. The van der Waals surface area contributed by atoms with Crippen molar-refractivity contribution in [3.63, 3.8) is 0 Å². The van der Waals surface area contributed by atoms with E-state index < -0.39 is 12.1 Å². The van der Waals surface area contributed by atoms with Crippen molar-refractivity contribution in [1.29, 1.82) is 0 Å². The second-order valence-corrected chi connectivity index (χ2v) is 4.56. The van der Waals surface area contributed by atoms with Crippen molar-refractivity contribution in [3.05, 3.63) is 72.4 Å². The van der Waals surface area contributed by atoms with E-state index in [4.69, 9.17) is 10.8 Å². The topological polar surface area (TPSA) is 118 Å². The van der Waals surface area contributed by atoms with Gasteiger partial charge in [-0.15, -0.1) is 0 Å². The summed E-state index contributed by atoms with van der Waals surface area (Å²) in [5.41, 5.74) is 7.76. The average Bonchev–Trinajstić information content (AvgIpc) is 3.08. The molecule has 0 radical (unpaired) electrons. The zero-order valence-electron chi connectivity index (χ0n) is 12.5. The Morgan fingerprint density at radius 3 is 2.25 bits per heavy atom. The number of H-pyrrole nitrogens is 1. The minimum Gasteiger partial charge on any atom is -0.449 e. The Bertz CT molecular complexity index is 802. The molecule has 0 saturated heterocycles. The lowest BCUT2D eigenvalue weighted by atomic mass is 9.99. The number of aromatic nitrogens is 2. The Hall–Kier alpha value is -3.61. The molecule has 0 atom stereocenters. The Labute approximate surface area is 137 Å². The molecule has 0 aliphatic carbocycles. The van der Waals surface area contributed by atoms with Crippen molar-refractivity contribution in [1.82, 2.24) is 10.2 Å². The van der Waals surface area contributed by atoms with Crippen LogP contribution in [0.5, 0.6) is 5.88 Å². The van der Waals surface area contributed by atoms with Crippen molar-refractivity contribution >= 4 is 12.1 Å². The lowest BCUT2D eigenvalue weighted by Gasteiger charge is -2.05. The minimum absolute atomic E-state index is 0.127. The summed E-state index contributed by atoms with van der Waals surface area (Å²) < 4.78 is 4.15. The van der Waals surface area contributed by atoms with Gasteiger partial charge in [-0.1, -0.05) is 48.5 Å². The van der Waals surface area contributed by atoms with Gasteiger partial charge >= 0.3 is 6.16 Å². The van der Waals surface area contributed by atoms with Crippen LogP contribution in [0.4, 0.5) is 4.79 Å². The molecule has 0 saturated carbocycles. The molecule has 0 unspecified atom stereocenters. The summed E-state index contributed by atoms with van der Waals surface area (Å²) >= 11 is 0. The van der Waals surface area contributed by atoms with E-state index in [0.717, 1.165) is 11.1 Å². The summed E-state index contributed by atoms with van der Waals surface area (Å²) in [6, 6.07) is 18.5. The van der Waals surface area contributed by atoms with E-state index in [1.165, 1.54) is 12.3 Å². The van der Waals surface area contributed by atoms with Crippen LogP contribution >= 0.6 is 0 Å². The maximum absolute atomic E-state index is 11.2. The maximum Gasteiger partial charge on any atom is 0.512 e. The molecule has 0 spiro atoms. The van der Waals surface area contributed by atoms with Gasteiger partial charge in [0.2, 0.25) is 11.8 Å². The highest BCUT2D eigenvalue weighted by Crippen LogP contribution is 2.22. The summed E-state index contributed by atoms with van der Waals surface area (Å²) in [4.78, 5) is 21.0. The number of nitrogens with zero attached hydrogens (tertiary/aromatic N) is 1. The number of nitrogens with two attached hydrogens (primary N) is 1. The predicted molar refractivity (Wildman–Crippen MR) is 87.6 cm³/mol. The number of carbonyl (C=O) groups is 2. The highest BCUT2D eigenvalue weighted by molar-refractivity contribution is 5.99. The van der Waals surface area contributed by atoms with Crippen LogP contribution in [-0.2, 0) is 0 Å². The molecule has 7 heteroatoms. The highest BCUT2D eigenvalue weighted by Gasteiger charge is 2.07. The normalized spacial score (nSPS) is 9.50. The second kappa shape index (κ2) is 8.14. The third-order valence-corrected chi connectivity index (χ3v) is 2.95. The summed E-state index contributed by atoms with van der Waals surface area (Å²) in [7, 11) is 0. The number of carbonyl (C=O) groups excluding carboxylic acids is 1. The fraction of sp³-hybridized carbons (Fsp3) is 0. The average molecular weight is 325 g/mol. The smallest absolute Gasteiger partial charge is 0.449 e. The first-order valence-corrected chi connectivity index (χ1v) is 6.92. The zero-order chi connectivity index (χ0) is 17.4. The monoisotopic (exact) mass is 325 g/mol. The predicted octanol–water partition coefficient (Wildman–Crippen LogP) is 2.92. The summed E-state index contributed by atoms with van der Waals surface area (Å²) in [5, 5.41) is 13.8. The number of amides is 1. The van der Waals surface area contributed by atoms with Crippen molar-refractivity contribution in [2.75, 3.05) is 0 Å². The van der Waals surface area contributed by atoms with Crippen LogP contribution in [0.15, 0.2) is 66.9 Å². The number of carboxylic acid groups (broad SMARTS) is 1. The maximum atomic E-state index is 11.2. The van der Waals surface area contributed by atoms with Crippen molar-refractivity contribution in [2.24, 2.45) is 5.73 Å². The molecular weight excluding hydrogens is 310 g/mol. The van der Waals surface area contributed by atoms with Gasteiger partial charge in [0.25, 0.3) is 0 Å². The lowest BCUT2D eigenvalue weighted by Crippen LogP contribution is -2.12. The highest BCUT2D eigenvalue weighted by atomic mass is 16.7. The first kappa shape index (κ1) is 16.8. The quantitative estimate of drug-likeness (QED) is 0.640. The number of hydrogen-bond acceptors (Lipinski definition) is 4. The Kier molecular flexibility index (Phi) is 5.68. The van der Waals surface area contributed by atoms with Crippen LogP contribution in [-0.4, -0.2) is 27.4 Å². The first-order chi connectivity index (χ1) is 11.6. The van der Waals surface area contributed by atoms with Crippen LogP contribution in [0.3, 0.4) is 0 Å². The van der Waals surface area contributed by atoms with Gasteiger partial charge in [-0.3, -0.25) is 4.79 Å². The summed E-state index contributed by atoms with van der Waals surface area (Å²) in [6.07, 6.45) is 0.0531. The number of hydrogen-bond donors (Lipinski definition) is 3. The molecule has 0 bridgehead atoms. The number of nitrogens with one attached hydrogen (secondary N) is 1. The molecule has 4 N–H and O–H groups in total. The SMILES string of the molecule is NC(=O)c1ccccc1-c1ccccc1.O=C(O)Oc1ccn[nH]1. The van der Waals surface area contributed by atoms with Crippen molar-refractivity contribution < 1.29 is 19.4 Å². The van der Waals surface area contributed by atoms with Gasteiger partial charge in [-0.2, -0.15) is 5.10 Å². The molecule has 3 rings (SSSR count). The minimum atomic E-state index is -1.35. The van der Waals surface area contributed by atoms with E-state index in [1.54, 1.807) is 6.07 Å². The van der Waals surface area contributed by atoms with Gasteiger partial charge in [0.05, 0.1) is 6.20 Å².